The molecule has 0 fully saturated rings. The van der Waals surface area contributed by atoms with Crippen LogP contribution in [0.4, 0.5) is 8.78 Å². The van der Waals surface area contributed by atoms with Crippen molar-refractivity contribution in [2.75, 3.05) is 0 Å². The normalized spacial score (nSPS) is 14.8. The van der Waals surface area contributed by atoms with Crippen LogP contribution in [-0.2, 0) is 0 Å². The highest BCUT2D eigenvalue weighted by molar-refractivity contribution is 9.10. The van der Waals surface area contributed by atoms with Gasteiger partial charge in [-0.2, -0.15) is 8.78 Å². The summed E-state index contributed by atoms with van der Waals surface area (Å²) in [6.45, 7) is 1.70. The fourth-order valence-corrected chi connectivity index (χ4v) is 1.84. The van der Waals surface area contributed by atoms with Gasteiger partial charge in [0, 0.05) is 10.4 Å². The van der Waals surface area contributed by atoms with Crippen LogP contribution in [0.3, 0.4) is 0 Å². The van der Waals surface area contributed by atoms with Crippen molar-refractivity contribution in [1.29, 1.82) is 0 Å². The highest BCUT2D eigenvalue weighted by atomic mass is 79.9. The summed E-state index contributed by atoms with van der Waals surface area (Å²) >= 11 is 3.46. The zero-order chi connectivity index (χ0) is 9.35. The molecule has 0 radical (unpaired) electrons. The van der Waals surface area contributed by atoms with Crippen LogP contribution in [0.2, 0.25) is 0 Å². The van der Waals surface area contributed by atoms with E-state index in [1.54, 1.807) is 12.3 Å². The minimum Gasteiger partial charge on any atom is -0.381 e. The summed E-state index contributed by atoms with van der Waals surface area (Å²) in [5.41, 5.74) is 0.280. The summed E-state index contributed by atoms with van der Waals surface area (Å²) in [7, 11) is 0. The number of hydrogen-bond donors (Lipinski definition) is 1. The Morgan fingerprint density at radius 3 is 2.58 bits per heavy atom. The van der Waals surface area contributed by atoms with Crippen molar-refractivity contribution in [3.63, 3.8) is 0 Å². The van der Waals surface area contributed by atoms with E-state index in [1.165, 1.54) is 17.4 Å². The van der Waals surface area contributed by atoms with E-state index in [-0.39, 0.29) is 5.56 Å². The fraction of sp³-hybridized carbons (Fsp3) is 0.429. The van der Waals surface area contributed by atoms with Crippen molar-refractivity contribution >= 4 is 27.3 Å². The second-order valence-corrected chi connectivity index (χ2v) is 4.55. The van der Waals surface area contributed by atoms with Crippen molar-refractivity contribution in [2.24, 2.45) is 0 Å². The molecular weight excluding hydrogens is 250 g/mol. The molecule has 1 heterocycles. The Bertz CT molecular complexity index is 269. The van der Waals surface area contributed by atoms with Gasteiger partial charge in [0.15, 0.2) is 6.10 Å². The summed E-state index contributed by atoms with van der Waals surface area (Å²) in [5, 5.41) is 10.8. The molecule has 0 spiro atoms. The van der Waals surface area contributed by atoms with Crippen LogP contribution >= 0.6 is 27.3 Å². The van der Waals surface area contributed by atoms with Gasteiger partial charge in [-0.15, -0.1) is 11.3 Å². The number of aliphatic hydroxyl groups excluding tert-OH is 1. The zero-order valence-electron chi connectivity index (χ0n) is 6.22. The third kappa shape index (κ3) is 2.02. The monoisotopic (exact) mass is 256 g/mol. The molecule has 68 valence electrons. The maximum Gasteiger partial charge on any atom is 0.330 e. The number of aliphatic hydroxyl groups is 1. The van der Waals surface area contributed by atoms with Gasteiger partial charge in [-0.1, -0.05) is 0 Å². The van der Waals surface area contributed by atoms with Crippen LogP contribution in [0.15, 0.2) is 11.4 Å². The molecule has 1 nitrogen and oxygen atoms in total. The smallest absolute Gasteiger partial charge is 0.330 e. The lowest BCUT2D eigenvalue weighted by atomic mass is 10.1. The van der Waals surface area contributed by atoms with Gasteiger partial charge < -0.3 is 5.11 Å². The Hall–Kier alpha value is -0.0000000000000000555. The van der Waals surface area contributed by atoms with Crippen molar-refractivity contribution in [3.05, 3.63) is 21.9 Å². The molecule has 0 saturated heterocycles. The van der Waals surface area contributed by atoms with Gasteiger partial charge in [0.25, 0.3) is 0 Å². The predicted octanol–water partition coefficient (Wildman–Crippen LogP) is 3.08. The van der Waals surface area contributed by atoms with Crippen molar-refractivity contribution in [2.45, 2.75) is 17.9 Å². The number of rotatable bonds is 2. The molecule has 5 heteroatoms. The Kier molecular flexibility index (Phi) is 2.85. The summed E-state index contributed by atoms with van der Waals surface area (Å²) in [5.74, 6) is 0. The molecule has 1 N–H and O–H groups in total. The van der Waals surface area contributed by atoms with Gasteiger partial charge in [-0.3, -0.25) is 0 Å². The van der Waals surface area contributed by atoms with Gasteiger partial charge in [0.1, 0.15) is 0 Å². The van der Waals surface area contributed by atoms with Crippen LogP contribution in [0.25, 0.3) is 0 Å². The first kappa shape index (κ1) is 10.1. The summed E-state index contributed by atoms with van der Waals surface area (Å²) < 4.78 is 25.1. The lowest BCUT2D eigenvalue weighted by Crippen LogP contribution is -2.18. The van der Waals surface area contributed by atoms with E-state index in [0.717, 1.165) is 0 Å². The van der Waals surface area contributed by atoms with Gasteiger partial charge in [0.2, 0.25) is 0 Å². The molecule has 12 heavy (non-hydrogen) atoms. The minimum absolute atomic E-state index is 0.280. The van der Waals surface area contributed by atoms with Crippen LogP contribution in [0.5, 0.6) is 0 Å². The SMILES string of the molecule is Cc1sccc1C(O)C(F)(F)Br. The molecule has 1 unspecified atom stereocenters. The lowest BCUT2D eigenvalue weighted by molar-refractivity contribution is -0.0295. The van der Waals surface area contributed by atoms with E-state index in [0.29, 0.717) is 4.88 Å². The van der Waals surface area contributed by atoms with Crippen molar-refractivity contribution in [3.8, 4) is 0 Å². The van der Waals surface area contributed by atoms with Gasteiger partial charge in [-0.05, 0) is 34.3 Å². The Balaban J connectivity index is 2.92. The second-order valence-electron chi connectivity index (χ2n) is 2.38. The van der Waals surface area contributed by atoms with Gasteiger partial charge in [0.05, 0.1) is 0 Å². The molecule has 0 aliphatic rings. The van der Waals surface area contributed by atoms with Crippen LogP contribution < -0.4 is 0 Å². The summed E-state index contributed by atoms with van der Waals surface area (Å²) in [6, 6.07) is 1.50. The van der Waals surface area contributed by atoms with Crippen molar-refractivity contribution in [1.82, 2.24) is 0 Å². The number of alkyl halides is 3. The number of thiophene rings is 1. The standard InChI is InChI=1S/C7H7BrF2OS/c1-4-5(2-3-12-4)6(11)7(8,9)10/h2-3,6,11H,1H3. The van der Waals surface area contributed by atoms with E-state index in [2.05, 4.69) is 15.9 Å². The average molecular weight is 257 g/mol. The minimum atomic E-state index is -3.25. The van der Waals surface area contributed by atoms with E-state index in [9.17, 15) is 8.78 Å². The molecule has 1 aromatic rings. The number of halogens is 3. The first-order valence-corrected chi connectivity index (χ1v) is 4.89. The Morgan fingerprint density at radius 2 is 2.25 bits per heavy atom. The van der Waals surface area contributed by atoms with Crippen molar-refractivity contribution < 1.29 is 13.9 Å². The highest BCUT2D eigenvalue weighted by Crippen LogP contribution is 2.38. The second kappa shape index (κ2) is 3.40. The first-order valence-electron chi connectivity index (χ1n) is 3.21. The fourth-order valence-electron chi connectivity index (χ4n) is 0.855. The van der Waals surface area contributed by atoms with Gasteiger partial charge in [-0.25, -0.2) is 0 Å². The number of aryl methyl sites for hydroxylation is 1. The number of hydrogen-bond acceptors (Lipinski definition) is 2. The van der Waals surface area contributed by atoms with Crippen LogP contribution in [0.1, 0.15) is 16.5 Å². The maximum atomic E-state index is 12.5. The van der Waals surface area contributed by atoms with Gasteiger partial charge >= 0.3 is 4.83 Å². The highest BCUT2D eigenvalue weighted by Gasteiger charge is 2.37. The average Bonchev–Trinajstić information content (AvgIpc) is 2.31. The van der Waals surface area contributed by atoms with E-state index < -0.39 is 10.9 Å². The maximum absolute atomic E-state index is 12.5. The van der Waals surface area contributed by atoms with E-state index in [1.807, 2.05) is 0 Å². The molecular formula is C7H7BrF2OS. The van der Waals surface area contributed by atoms with E-state index in [4.69, 9.17) is 5.11 Å². The summed E-state index contributed by atoms with van der Waals surface area (Å²) in [4.78, 5) is -2.54. The third-order valence-electron chi connectivity index (χ3n) is 1.50. The molecule has 0 saturated carbocycles. The van der Waals surface area contributed by atoms with Crippen LogP contribution in [-0.4, -0.2) is 9.94 Å². The molecule has 0 amide bonds. The molecule has 1 rings (SSSR count). The molecule has 0 aliphatic heterocycles. The third-order valence-corrected chi connectivity index (χ3v) is 2.80. The largest absolute Gasteiger partial charge is 0.381 e. The zero-order valence-corrected chi connectivity index (χ0v) is 8.62. The molecule has 0 aromatic carbocycles. The lowest BCUT2D eigenvalue weighted by Gasteiger charge is -2.15. The van der Waals surface area contributed by atoms with E-state index >= 15 is 0 Å². The predicted molar refractivity (Wildman–Crippen MR) is 47.9 cm³/mol. The Labute approximate surface area is 81.2 Å². The Morgan fingerprint density at radius 1 is 1.67 bits per heavy atom. The molecule has 1 aromatic heterocycles. The quantitative estimate of drug-likeness (QED) is 0.807. The summed E-state index contributed by atoms with van der Waals surface area (Å²) in [6.07, 6.45) is -1.76. The topological polar surface area (TPSA) is 20.2 Å². The molecule has 1 atom stereocenters. The van der Waals surface area contributed by atoms with Crippen LogP contribution in [0, 0.1) is 6.92 Å². The molecule has 0 bridgehead atoms. The first-order chi connectivity index (χ1) is 5.43. The molecule has 0 aliphatic carbocycles.